The van der Waals surface area contributed by atoms with E-state index in [9.17, 15) is 4.79 Å². The number of fused-ring (bicyclic) bond motifs is 2. The van der Waals surface area contributed by atoms with Crippen molar-refractivity contribution >= 4 is 5.91 Å². The van der Waals surface area contributed by atoms with E-state index in [0.29, 0.717) is 30.1 Å². The van der Waals surface area contributed by atoms with Gasteiger partial charge in [-0.1, -0.05) is 17.3 Å². The Bertz CT molecular complexity index is 710. The van der Waals surface area contributed by atoms with E-state index in [1.807, 2.05) is 6.07 Å². The van der Waals surface area contributed by atoms with E-state index in [2.05, 4.69) is 32.6 Å². The van der Waals surface area contributed by atoms with Crippen LogP contribution in [-0.4, -0.2) is 27.6 Å². The maximum Gasteiger partial charge on any atom is 0.316 e. The maximum atomic E-state index is 12.1. The second-order valence-corrected chi connectivity index (χ2v) is 5.92. The SMILES string of the molecule is O=C(NC[C@@H]1C[C@@H]2C=C[C@H]1C2)c1nc(-c2cccnc2)no1. The van der Waals surface area contributed by atoms with Crippen molar-refractivity contribution in [3.8, 4) is 11.4 Å². The van der Waals surface area contributed by atoms with Crippen LogP contribution in [0.1, 0.15) is 23.5 Å². The van der Waals surface area contributed by atoms with Crippen LogP contribution in [0.2, 0.25) is 0 Å². The molecule has 1 N–H and O–H groups in total. The summed E-state index contributed by atoms with van der Waals surface area (Å²) < 4.78 is 5.04. The molecule has 0 unspecified atom stereocenters. The molecule has 2 heterocycles. The minimum absolute atomic E-state index is 0.00227. The van der Waals surface area contributed by atoms with Gasteiger partial charge >= 0.3 is 11.8 Å². The molecule has 1 amide bonds. The number of rotatable bonds is 4. The second-order valence-electron chi connectivity index (χ2n) is 5.92. The van der Waals surface area contributed by atoms with Crippen molar-refractivity contribution in [1.29, 1.82) is 0 Å². The summed E-state index contributed by atoms with van der Waals surface area (Å²) in [5.74, 6) is 1.90. The monoisotopic (exact) mass is 296 g/mol. The molecule has 0 aromatic carbocycles. The van der Waals surface area contributed by atoms with E-state index in [4.69, 9.17) is 4.52 Å². The van der Waals surface area contributed by atoms with Gasteiger partial charge in [0.15, 0.2) is 0 Å². The molecule has 6 nitrogen and oxygen atoms in total. The molecule has 0 spiro atoms. The number of hydrogen-bond acceptors (Lipinski definition) is 5. The predicted molar refractivity (Wildman–Crippen MR) is 78.7 cm³/mol. The van der Waals surface area contributed by atoms with Crippen LogP contribution in [-0.2, 0) is 0 Å². The minimum atomic E-state index is -0.311. The van der Waals surface area contributed by atoms with Gasteiger partial charge in [-0.15, -0.1) is 0 Å². The molecule has 1 fully saturated rings. The summed E-state index contributed by atoms with van der Waals surface area (Å²) in [5.41, 5.74) is 0.725. The average molecular weight is 296 g/mol. The molecule has 0 saturated heterocycles. The zero-order chi connectivity index (χ0) is 14.9. The van der Waals surface area contributed by atoms with Gasteiger partial charge < -0.3 is 9.84 Å². The number of nitrogens with one attached hydrogen (secondary N) is 1. The Hall–Kier alpha value is -2.50. The first-order valence-electron chi connectivity index (χ1n) is 7.50. The molecule has 0 aliphatic heterocycles. The summed E-state index contributed by atoms with van der Waals surface area (Å²) in [6.07, 6.45) is 10.3. The molecule has 2 aliphatic carbocycles. The van der Waals surface area contributed by atoms with E-state index in [1.54, 1.807) is 18.5 Å². The van der Waals surface area contributed by atoms with E-state index >= 15 is 0 Å². The quantitative estimate of drug-likeness (QED) is 0.874. The standard InChI is InChI=1S/C16H16N4O2/c21-15(18-9-13-7-10-3-4-11(13)6-10)16-19-14(20-22-16)12-2-1-5-17-8-12/h1-5,8,10-11,13H,6-7,9H2,(H,18,21)/t10-,11+,13+/m1/s1. The third kappa shape index (κ3) is 2.41. The molecular weight excluding hydrogens is 280 g/mol. The molecule has 4 rings (SSSR count). The Kier molecular flexibility index (Phi) is 3.21. The predicted octanol–water partition coefficient (Wildman–Crippen LogP) is 2.07. The summed E-state index contributed by atoms with van der Waals surface area (Å²) in [7, 11) is 0. The summed E-state index contributed by atoms with van der Waals surface area (Å²) >= 11 is 0. The van der Waals surface area contributed by atoms with Gasteiger partial charge in [-0.3, -0.25) is 9.78 Å². The first-order chi connectivity index (χ1) is 10.8. The van der Waals surface area contributed by atoms with Crippen molar-refractivity contribution in [2.45, 2.75) is 12.8 Å². The summed E-state index contributed by atoms with van der Waals surface area (Å²) in [6.45, 7) is 0.662. The second kappa shape index (κ2) is 5.36. The van der Waals surface area contributed by atoms with Gasteiger partial charge in [-0.25, -0.2) is 0 Å². The Morgan fingerprint density at radius 3 is 3.05 bits per heavy atom. The first-order valence-corrected chi connectivity index (χ1v) is 7.50. The summed E-state index contributed by atoms with van der Waals surface area (Å²) in [4.78, 5) is 20.2. The fourth-order valence-electron chi connectivity index (χ4n) is 3.36. The van der Waals surface area contributed by atoms with Crippen molar-refractivity contribution in [3.05, 3.63) is 42.6 Å². The molecule has 0 radical (unpaired) electrons. The highest BCUT2D eigenvalue weighted by atomic mass is 16.5. The maximum absolute atomic E-state index is 12.1. The van der Waals surface area contributed by atoms with Crippen LogP contribution < -0.4 is 5.32 Å². The van der Waals surface area contributed by atoms with E-state index in [0.717, 1.165) is 12.0 Å². The molecule has 6 heteroatoms. The molecule has 2 aliphatic rings. The van der Waals surface area contributed by atoms with Gasteiger partial charge in [-0.2, -0.15) is 4.98 Å². The Labute approximate surface area is 127 Å². The molecule has 112 valence electrons. The fraction of sp³-hybridized carbons (Fsp3) is 0.375. The highest BCUT2D eigenvalue weighted by molar-refractivity contribution is 5.89. The van der Waals surface area contributed by atoms with Crippen LogP contribution in [0.4, 0.5) is 0 Å². The summed E-state index contributed by atoms with van der Waals surface area (Å²) in [6, 6.07) is 3.61. The van der Waals surface area contributed by atoms with Crippen molar-refractivity contribution in [2.75, 3.05) is 6.54 Å². The van der Waals surface area contributed by atoms with Crippen LogP contribution >= 0.6 is 0 Å². The lowest BCUT2D eigenvalue weighted by Gasteiger charge is -2.17. The molecular formula is C16H16N4O2. The number of hydrogen-bond donors (Lipinski definition) is 1. The van der Waals surface area contributed by atoms with Crippen molar-refractivity contribution < 1.29 is 9.32 Å². The normalized spacial score (nSPS) is 25.5. The highest BCUT2D eigenvalue weighted by Gasteiger charge is 2.35. The number of allylic oxidation sites excluding steroid dienone is 2. The number of pyridine rings is 1. The first kappa shape index (κ1) is 13.2. The number of amides is 1. The molecule has 2 aromatic heterocycles. The van der Waals surface area contributed by atoms with E-state index in [1.165, 1.54) is 6.42 Å². The smallest absolute Gasteiger partial charge is 0.316 e. The van der Waals surface area contributed by atoms with Crippen LogP contribution in [0.25, 0.3) is 11.4 Å². The topological polar surface area (TPSA) is 80.9 Å². The van der Waals surface area contributed by atoms with Crippen molar-refractivity contribution in [2.24, 2.45) is 17.8 Å². The van der Waals surface area contributed by atoms with E-state index in [-0.39, 0.29) is 11.8 Å². The molecule has 3 atom stereocenters. The number of aromatic nitrogens is 3. The third-order valence-corrected chi connectivity index (χ3v) is 4.48. The van der Waals surface area contributed by atoms with Crippen LogP contribution in [0.3, 0.4) is 0 Å². The fourth-order valence-corrected chi connectivity index (χ4v) is 3.36. The van der Waals surface area contributed by atoms with Crippen molar-refractivity contribution in [1.82, 2.24) is 20.4 Å². The lowest BCUT2D eigenvalue weighted by atomic mass is 9.94. The van der Waals surface area contributed by atoms with Crippen LogP contribution in [0.15, 0.2) is 41.2 Å². The van der Waals surface area contributed by atoms with Gasteiger partial charge in [0.25, 0.3) is 0 Å². The molecule has 2 aromatic rings. The number of carbonyl (C=O) groups excluding carboxylic acids is 1. The molecule has 2 bridgehead atoms. The Morgan fingerprint density at radius 1 is 1.36 bits per heavy atom. The minimum Gasteiger partial charge on any atom is -0.348 e. The zero-order valence-electron chi connectivity index (χ0n) is 12.0. The zero-order valence-corrected chi connectivity index (χ0v) is 12.0. The van der Waals surface area contributed by atoms with Gasteiger partial charge in [0.2, 0.25) is 5.82 Å². The number of carbonyl (C=O) groups is 1. The van der Waals surface area contributed by atoms with E-state index < -0.39 is 0 Å². The third-order valence-electron chi connectivity index (χ3n) is 4.48. The largest absolute Gasteiger partial charge is 0.348 e. The molecule has 22 heavy (non-hydrogen) atoms. The van der Waals surface area contributed by atoms with Gasteiger partial charge in [-0.05, 0) is 42.7 Å². The van der Waals surface area contributed by atoms with Crippen molar-refractivity contribution in [3.63, 3.8) is 0 Å². The summed E-state index contributed by atoms with van der Waals surface area (Å²) in [5, 5.41) is 6.73. The lowest BCUT2D eigenvalue weighted by Crippen LogP contribution is -2.31. The molecule has 1 saturated carbocycles. The lowest BCUT2D eigenvalue weighted by molar-refractivity contribution is 0.0901. The van der Waals surface area contributed by atoms with Gasteiger partial charge in [0, 0.05) is 24.5 Å². The van der Waals surface area contributed by atoms with Crippen LogP contribution in [0, 0.1) is 17.8 Å². The average Bonchev–Trinajstić information content (AvgIpc) is 3.29. The van der Waals surface area contributed by atoms with Crippen LogP contribution in [0.5, 0.6) is 0 Å². The number of nitrogens with zero attached hydrogens (tertiary/aromatic N) is 3. The van der Waals surface area contributed by atoms with Gasteiger partial charge in [0.05, 0.1) is 0 Å². The Morgan fingerprint density at radius 2 is 2.32 bits per heavy atom. The Balaban J connectivity index is 1.39. The highest BCUT2D eigenvalue weighted by Crippen LogP contribution is 2.42. The van der Waals surface area contributed by atoms with Gasteiger partial charge in [0.1, 0.15) is 0 Å².